The lowest BCUT2D eigenvalue weighted by atomic mass is 10.1. The van der Waals surface area contributed by atoms with Crippen LogP contribution in [0.1, 0.15) is 18.7 Å². The Morgan fingerprint density at radius 2 is 2.33 bits per heavy atom. The minimum absolute atomic E-state index is 0.414. The highest BCUT2D eigenvalue weighted by Gasteiger charge is 2.12. The zero-order valence-corrected chi connectivity index (χ0v) is 8.32. The Balaban J connectivity index is 2.88. The topological polar surface area (TPSA) is 59.1 Å². The highest BCUT2D eigenvalue weighted by Crippen LogP contribution is 2.15. The van der Waals surface area contributed by atoms with Gasteiger partial charge in [-0.1, -0.05) is 15.9 Å². The van der Waals surface area contributed by atoms with Crippen molar-refractivity contribution < 1.29 is 5.11 Å². The average molecular weight is 231 g/mol. The van der Waals surface area contributed by atoms with E-state index in [1.807, 2.05) is 6.07 Å². The highest BCUT2D eigenvalue weighted by atomic mass is 79.9. The number of hydrogen-bond donors (Lipinski definition) is 2. The quantitative estimate of drug-likeness (QED) is 0.804. The van der Waals surface area contributed by atoms with Gasteiger partial charge >= 0.3 is 0 Å². The summed E-state index contributed by atoms with van der Waals surface area (Å²) in [6.45, 7) is 1.65. The summed E-state index contributed by atoms with van der Waals surface area (Å²) in [6, 6.07) is 3.21. The molecule has 0 fully saturated rings. The van der Waals surface area contributed by atoms with Gasteiger partial charge in [-0.05, 0) is 19.1 Å². The van der Waals surface area contributed by atoms with Gasteiger partial charge in [0.15, 0.2) is 0 Å². The second kappa shape index (κ2) is 3.98. The van der Waals surface area contributed by atoms with Crippen LogP contribution in [0.15, 0.2) is 22.8 Å². The standard InChI is InChI=1S/C8H11BrN2O/c1-5(12)8(10)7-4-6(9)2-3-11-7/h2-5,8,12H,10H2,1H3/t5-,8+/m0/s1. The Hall–Kier alpha value is -0.450. The number of aliphatic hydroxyl groups is 1. The molecule has 0 bridgehead atoms. The Bertz CT molecular complexity index is 265. The van der Waals surface area contributed by atoms with Crippen LogP contribution in [0.2, 0.25) is 0 Å². The molecule has 0 radical (unpaired) electrons. The lowest BCUT2D eigenvalue weighted by molar-refractivity contribution is 0.162. The van der Waals surface area contributed by atoms with E-state index in [1.165, 1.54) is 0 Å². The lowest BCUT2D eigenvalue weighted by Gasteiger charge is -2.13. The van der Waals surface area contributed by atoms with E-state index < -0.39 is 12.1 Å². The molecule has 1 heterocycles. The third-order valence-corrected chi connectivity index (χ3v) is 2.10. The fourth-order valence-corrected chi connectivity index (χ4v) is 1.20. The maximum Gasteiger partial charge on any atom is 0.0731 e. The van der Waals surface area contributed by atoms with Crippen molar-refractivity contribution in [2.45, 2.75) is 19.1 Å². The summed E-state index contributed by atoms with van der Waals surface area (Å²) >= 11 is 3.30. The molecule has 66 valence electrons. The zero-order valence-electron chi connectivity index (χ0n) is 6.74. The first-order chi connectivity index (χ1) is 5.61. The first kappa shape index (κ1) is 9.64. The van der Waals surface area contributed by atoms with Crippen LogP contribution >= 0.6 is 15.9 Å². The largest absolute Gasteiger partial charge is 0.391 e. The van der Waals surface area contributed by atoms with E-state index in [0.717, 1.165) is 4.47 Å². The van der Waals surface area contributed by atoms with E-state index in [-0.39, 0.29) is 0 Å². The van der Waals surface area contributed by atoms with Crippen LogP contribution in [0.5, 0.6) is 0 Å². The molecule has 0 aliphatic carbocycles. The molecule has 4 heteroatoms. The van der Waals surface area contributed by atoms with Crippen molar-refractivity contribution >= 4 is 15.9 Å². The minimum atomic E-state index is -0.577. The van der Waals surface area contributed by atoms with Gasteiger partial charge in [-0.15, -0.1) is 0 Å². The van der Waals surface area contributed by atoms with Crippen molar-refractivity contribution in [2.75, 3.05) is 0 Å². The van der Waals surface area contributed by atoms with E-state index in [2.05, 4.69) is 20.9 Å². The molecule has 0 aromatic carbocycles. The molecule has 2 atom stereocenters. The molecule has 1 aromatic rings. The SMILES string of the molecule is C[C@H](O)[C@@H](N)c1cc(Br)ccn1. The summed E-state index contributed by atoms with van der Waals surface area (Å²) in [5, 5.41) is 9.18. The molecule has 0 amide bonds. The van der Waals surface area contributed by atoms with Crippen LogP contribution < -0.4 is 5.73 Å². The van der Waals surface area contributed by atoms with Crippen LogP contribution in [0.3, 0.4) is 0 Å². The van der Waals surface area contributed by atoms with Crippen molar-refractivity contribution in [1.82, 2.24) is 4.98 Å². The van der Waals surface area contributed by atoms with Crippen molar-refractivity contribution in [2.24, 2.45) is 5.73 Å². The van der Waals surface area contributed by atoms with Crippen molar-refractivity contribution in [1.29, 1.82) is 0 Å². The first-order valence-corrected chi connectivity index (χ1v) is 4.45. The van der Waals surface area contributed by atoms with Gasteiger partial charge in [0.2, 0.25) is 0 Å². The van der Waals surface area contributed by atoms with Gasteiger partial charge in [-0.2, -0.15) is 0 Å². The van der Waals surface area contributed by atoms with Gasteiger partial charge in [0.05, 0.1) is 17.8 Å². The Kier molecular flexibility index (Phi) is 3.20. The fraction of sp³-hybridized carbons (Fsp3) is 0.375. The van der Waals surface area contributed by atoms with Crippen LogP contribution in [-0.4, -0.2) is 16.2 Å². The molecule has 0 saturated carbocycles. The molecule has 0 aliphatic heterocycles. The molecule has 0 unspecified atom stereocenters. The fourth-order valence-electron chi connectivity index (χ4n) is 0.851. The molecule has 1 aromatic heterocycles. The third kappa shape index (κ3) is 2.27. The lowest BCUT2D eigenvalue weighted by Crippen LogP contribution is -2.24. The summed E-state index contributed by atoms with van der Waals surface area (Å²) in [5.41, 5.74) is 6.37. The molecule has 0 saturated heterocycles. The van der Waals surface area contributed by atoms with Crippen LogP contribution in [0.4, 0.5) is 0 Å². The number of aromatic nitrogens is 1. The second-order valence-electron chi connectivity index (χ2n) is 2.67. The number of nitrogens with two attached hydrogens (primary N) is 1. The summed E-state index contributed by atoms with van der Waals surface area (Å²) < 4.78 is 0.920. The number of rotatable bonds is 2. The smallest absolute Gasteiger partial charge is 0.0731 e. The van der Waals surface area contributed by atoms with E-state index in [4.69, 9.17) is 5.73 Å². The van der Waals surface area contributed by atoms with E-state index in [9.17, 15) is 5.11 Å². The van der Waals surface area contributed by atoms with Gasteiger partial charge < -0.3 is 10.8 Å². The Morgan fingerprint density at radius 1 is 1.67 bits per heavy atom. The Morgan fingerprint density at radius 3 is 2.83 bits per heavy atom. The average Bonchev–Trinajstić information content (AvgIpc) is 2.03. The Labute approximate surface area is 79.7 Å². The van der Waals surface area contributed by atoms with Gasteiger partial charge in [-0.3, -0.25) is 4.98 Å². The van der Waals surface area contributed by atoms with Crippen molar-refractivity contribution in [3.63, 3.8) is 0 Å². The normalized spacial score (nSPS) is 15.7. The van der Waals surface area contributed by atoms with Gasteiger partial charge in [0, 0.05) is 10.7 Å². The van der Waals surface area contributed by atoms with E-state index in [0.29, 0.717) is 5.69 Å². The number of hydrogen-bond acceptors (Lipinski definition) is 3. The molecule has 0 aliphatic rings. The molecule has 3 N–H and O–H groups in total. The number of pyridine rings is 1. The highest BCUT2D eigenvalue weighted by molar-refractivity contribution is 9.10. The van der Waals surface area contributed by atoms with Crippen LogP contribution in [0, 0.1) is 0 Å². The van der Waals surface area contributed by atoms with Crippen molar-refractivity contribution in [3.8, 4) is 0 Å². The zero-order chi connectivity index (χ0) is 9.14. The third-order valence-electron chi connectivity index (χ3n) is 1.60. The van der Waals surface area contributed by atoms with Gasteiger partial charge in [0.25, 0.3) is 0 Å². The summed E-state index contributed by atoms with van der Waals surface area (Å²) in [5.74, 6) is 0. The number of aliphatic hydroxyl groups excluding tert-OH is 1. The molecular weight excluding hydrogens is 220 g/mol. The number of nitrogens with zero attached hydrogens (tertiary/aromatic N) is 1. The van der Waals surface area contributed by atoms with Crippen molar-refractivity contribution in [3.05, 3.63) is 28.5 Å². The van der Waals surface area contributed by atoms with Gasteiger partial charge in [0.1, 0.15) is 0 Å². The first-order valence-electron chi connectivity index (χ1n) is 3.66. The molecule has 1 rings (SSSR count). The monoisotopic (exact) mass is 230 g/mol. The van der Waals surface area contributed by atoms with E-state index in [1.54, 1.807) is 19.2 Å². The molecule has 0 spiro atoms. The maximum atomic E-state index is 9.18. The predicted molar refractivity (Wildman–Crippen MR) is 50.5 cm³/mol. The maximum absolute atomic E-state index is 9.18. The second-order valence-corrected chi connectivity index (χ2v) is 3.58. The molecular formula is C8H11BrN2O. The van der Waals surface area contributed by atoms with Crippen LogP contribution in [-0.2, 0) is 0 Å². The van der Waals surface area contributed by atoms with Crippen LogP contribution in [0.25, 0.3) is 0 Å². The summed E-state index contributed by atoms with van der Waals surface area (Å²) in [6.07, 6.45) is 1.08. The summed E-state index contributed by atoms with van der Waals surface area (Å²) in [7, 11) is 0. The molecule has 3 nitrogen and oxygen atoms in total. The predicted octanol–water partition coefficient (Wildman–Crippen LogP) is 1.22. The summed E-state index contributed by atoms with van der Waals surface area (Å²) in [4.78, 5) is 4.05. The minimum Gasteiger partial charge on any atom is -0.391 e. The van der Waals surface area contributed by atoms with E-state index >= 15 is 0 Å². The molecule has 12 heavy (non-hydrogen) atoms. The van der Waals surface area contributed by atoms with Gasteiger partial charge in [-0.25, -0.2) is 0 Å². The number of halogens is 1.